The van der Waals surface area contributed by atoms with Gasteiger partial charge in [0, 0.05) is 31.4 Å². The van der Waals surface area contributed by atoms with E-state index in [1.54, 1.807) is 0 Å². The minimum absolute atomic E-state index is 0.584. The average Bonchev–Trinajstić information content (AvgIpc) is 2.60. The van der Waals surface area contributed by atoms with Crippen molar-refractivity contribution in [2.75, 3.05) is 38.1 Å². The van der Waals surface area contributed by atoms with E-state index in [4.69, 9.17) is 0 Å². The summed E-state index contributed by atoms with van der Waals surface area (Å²) in [6.45, 7) is 12.4. The number of rotatable bonds is 5. The summed E-state index contributed by atoms with van der Waals surface area (Å²) in [5, 5.41) is 3.48. The number of anilines is 1. The van der Waals surface area contributed by atoms with Gasteiger partial charge in [-0.25, -0.2) is 0 Å². The molecule has 0 amide bonds. The minimum Gasteiger partial charge on any atom is -0.367 e. The van der Waals surface area contributed by atoms with Crippen LogP contribution in [-0.2, 0) is 6.54 Å². The van der Waals surface area contributed by atoms with Crippen LogP contribution < -0.4 is 10.2 Å². The van der Waals surface area contributed by atoms with Gasteiger partial charge in [-0.2, -0.15) is 0 Å². The Hall–Kier alpha value is -1.06. The lowest BCUT2D eigenvalue weighted by Gasteiger charge is -2.31. The molecule has 0 aliphatic carbocycles. The second kappa shape index (κ2) is 7.81. The van der Waals surface area contributed by atoms with Gasteiger partial charge in [-0.05, 0) is 64.0 Å². The van der Waals surface area contributed by atoms with Crippen molar-refractivity contribution in [3.05, 3.63) is 29.3 Å². The highest BCUT2D eigenvalue weighted by molar-refractivity contribution is 5.55. The Morgan fingerprint density at radius 1 is 1.29 bits per heavy atom. The van der Waals surface area contributed by atoms with Crippen molar-refractivity contribution in [3.63, 3.8) is 0 Å². The zero-order valence-electron chi connectivity index (χ0n) is 14.2. The fourth-order valence-electron chi connectivity index (χ4n) is 3.29. The van der Waals surface area contributed by atoms with E-state index < -0.39 is 0 Å². The Kier molecular flexibility index (Phi) is 6.07. The van der Waals surface area contributed by atoms with Gasteiger partial charge >= 0.3 is 0 Å². The van der Waals surface area contributed by atoms with E-state index in [-0.39, 0.29) is 0 Å². The summed E-state index contributed by atoms with van der Waals surface area (Å²) in [4.78, 5) is 5.03. The Morgan fingerprint density at radius 3 is 2.81 bits per heavy atom. The van der Waals surface area contributed by atoms with Gasteiger partial charge in [-0.1, -0.05) is 19.1 Å². The maximum absolute atomic E-state index is 3.48. The van der Waals surface area contributed by atoms with Gasteiger partial charge in [0.15, 0.2) is 0 Å². The standard InChI is InChI=1S/C18H31N3/c1-5-9-19-13-17-7-8-18(15(2)12-17)21-11-6-10-20(4)14-16(21)3/h7-8,12,16,19H,5-6,9-11,13-14H2,1-4H3. The van der Waals surface area contributed by atoms with Crippen molar-refractivity contribution >= 4 is 5.69 Å². The van der Waals surface area contributed by atoms with Crippen LogP contribution in [0.2, 0.25) is 0 Å². The summed E-state index contributed by atoms with van der Waals surface area (Å²) >= 11 is 0. The van der Waals surface area contributed by atoms with E-state index in [1.807, 2.05) is 0 Å². The first-order valence-electron chi connectivity index (χ1n) is 8.37. The van der Waals surface area contributed by atoms with Crippen molar-refractivity contribution in [2.24, 2.45) is 0 Å². The highest BCUT2D eigenvalue weighted by Gasteiger charge is 2.20. The molecule has 2 rings (SSSR count). The molecule has 0 radical (unpaired) electrons. The van der Waals surface area contributed by atoms with Gasteiger partial charge in [0.2, 0.25) is 0 Å². The largest absolute Gasteiger partial charge is 0.367 e. The summed E-state index contributed by atoms with van der Waals surface area (Å²) < 4.78 is 0. The molecule has 1 aromatic carbocycles. The Morgan fingerprint density at radius 2 is 2.10 bits per heavy atom. The van der Waals surface area contributed by atoms with Crippen LogP contribution in [0.3, 0.4) is 0 Å². The third-order valence-electron chi connectivity index (χ3n) is 4.37. The van der Waals surface area contributed by atoms with Crippen molar-refractivity contribution in [1.29, 1.82) is 0 Å². The molecule has 1 heterocycles. The molecule has 1 aromatic rings. The Bertz CT molecular complexity index is 444. The highest BCUT2D eigenvalue weighted by atomic mass is 15.2. The molecule has 1 unspecified atom stereocenters. The SMILES string of the molecule is CCCNCc1ccc(N2CCCN(C)CC2C)c(C)c1. The first-order chi connectivity index (χ1) is 10.1. The van der Waals surface area contributed by atoms with Crippen LogP contribution in [0.4, 0.5) is 5.69 Å². The lowest BCUT2D eigenvalue weighted by atomic mass is 10.1. The topological polar surface area (TPSA) is 18.5 Å². The van der Waals surface area contributed by atoms with Gasteiger partial charge in [0.05, 0.1) is 0 Å². The molecule has 3 nitrogen and oxygen atoms in total. The molecule has 1 aliphatic heterocycles. The number of likely N-dealkylation sites (N-methyl/N-ethyl adjacent to an activating group) is 1. The quantitative estimate of drug-likeness (QED) is 0.841. The average molecular weight is 289 g/mol. The molecule has 0 saturated carbocycles. The fraction of sp³-hybridized carbons (Fsp3) is 0.667. The van der Waals surface area contributed by atoms with E-state index in [1.165, 1.54) is 42.7 Å². The first-order valence-corrected chi connectivity index (χ1v) is 8.37. The molecule has 1 aliphatic rings. The molecule has 0 spiro atoms. The number of benzene rings is 1. The summed E-state index contributed by atoms with van der Waals surface area (Å²) in [7, 11) is 2.23. The predicted molar refractivity (Wildman–Crippen MR) is 92.1 cm³/mol. The van der Waals surface area contributed by atoms with E-state index in [2.05, 4.69) is 61.1 Å². The molecule has 1 saturated heterocycles. The third-order valence-corrected chi connectivity index (χ3v) is 4.37. The highest BCUT2D eigenvalue weighted by Crippen LogP contribution is 2.25. The molecule has 0 aromatic heterocycles. The maximum Gasteiger partial charge on any atom is 0.0398 e. The molecule has 3 heteroatoms. The summed E-state index contributed by atoms with van der Waals surface area (Å²) in [6.07, 6.45) is 2.44. The molecular formula is C18H31N3. The zero-order chi connectivity index (χ0) is 15.2. The van der Waals surface area contributed by atoms with Crippen LogP contribution in [0.25, 0.3) is 0 Å². The number of nitrogens with zero attached hydrogens (tertiary/aromatic N) is 2. The smallest absolute Gasteiger partial charge is 0.0398 e. The second-order valence-electron chi connectivity index (χ2n) is 6.46. The lowest BCUT2D eigenvalue weighted by Crippen LogP contribution is -2.38. The lowest BCUT2D eigenvalue weighted by molar-refractivity contribution is 0.337. The fourth-order valence-corrected chi connectivity index (χ4v) is 3.29. The first kappa shape index (κ1) is 16.3. The van der Waals surface area contributed by atoms with Crippen LogP contribution in [0, 0.1) is 6.92 Å². The third kappa shape index (κ3) is 4.45. The van der Waals surface area contributed by atoms with Gasteiger partial charge in [-0.15, -0.1) is 0 Å². The van der Waals surface area contributed by atoms with E-state index in [0.717, 1.165) is 19.6 Å². The summed E-state index contributed by atoms with van der Waals surface area (Å²) in [6, 6.07) is 7.53. The van der Waals surface area contributed by atoms with Gasteiger partial charge < -0.3 is 15.1 Å². The van der Waals surface area contributed by atoms with Crippen molar-refractivity contribution in [3.8, 4) is 0 Å². The van der Waals surface area contributed by atoms with Crippen molar-refractivity contribution in [1.82, 2.24) is 10.2 Å². The molecule has 118 valence electrons. The van der Waals surface area contributed by atoms with E-state index in [9.17, 15) is 0 Å². The van der Waals surface area contributed by atoms with Crippen molar-refractivity contribution < 1.29 is 0 Å². The minimum atomic E-state index is 0.584. The molecule has 21 heavy (non-hydrogen) atoms. The summed E-state index contributed by atoms with van der Waals surface area (Å²) in [5.74, 6) is 0. The normalized spacial score (nSPS) is 20.6. The monoisotopic (exact) mass is 289 g/mol. The number of hydrogen-bond acceptors (Lipinski definition) is 3. The molecule has 0 bridgehead atoms. The second-order valence-corrected chi connectivity index (χ2v) is 6.46. The number of nitrogens with one attached hydrogen (secondary N) is 1. The van der Waals surface area contributed by atoms with E-state index in [0.29, 0.717) is 6.04 Å². The number of hydrogen-bond donors (Lipinski definition) is 1. The van der Waals surface area contributed by atoms with Crippen LogP contribution in [0.1, 0.15) is 37.8 Å². The van der Waals surface area contributed by atoms with Gasteiger partial charge in [0.1, 0.15) is 0 Å². The summed E-state index contributed by atoms with van der Waals surface area (Å²) in [5.41, 5.74) is 4.21. The Labute approximate surface area is 130 Å². The van der Waals surface area contributed by atoms with Crippen LogP contribution >= 0.6 is 0 Å². The molecule has 1 atom stereocenters. The van der Waals surface area contributed by atoms with Crippen LogP contribution in [0.15, 0.2) is 18.2 Å². The Balaban J connectivity index is 2.08. The predicted octanol–water partition coefficient (Wildman–Crippen LogP) is 3.03. The zero-order valence-corrected chi connectivity index (χ0v) is 14.2. The van der Waals surface area contributed by atoms with E-state index >= 15 is 0 Å². The molecule has 1 fully saturated rings. The van der Waals surface area contributed by atoms with Gasteiger partial charge in [0.25, 0.3) is 0 Å². The number of aryl methyl sites for hydroxylation is 1. The maximum atomic E-state index is 3.48. The molecular weight excluding hydrogens is 258 g/mol. The van der Waals surface area contributed by atoms with Gasteiger partial charge in [-0.3, -0.25) is 0 Å². The van der Waals surface area contributed by atoms with Crippen molar-refractivity contribution in [2.45, 2.75) is 46.2 Å². The van der Waals surface area contributed by atoms with Crippen LogP contribution in [0.5, 0.6) is 0 Å². The molecule has 1 N–H and O–H groups in total. The van der Waals surface area contributed by atoms with Crippen LogP contribution in [-0.4, -0.2) is 44.2 Å².